The van der Waals surface area contributed by atoms with Gasteiger partial charge in [0, 0.05) is 24.7 Å². The van der Waals surface area contributed by atoms with E-state index in [0.29, 0.717) is 31.2 Å². The van der Waals surface area contributed by atoms with E-state index in [1.54, 1.807) is 18.2 Å². The molecular formula is C15H19FN2O. The Morgan fingerprint density at radius 2 is 2.21 bits per heavy atom. The molecule has 0 unspecified atom stereocenters. The number of hydrogen-bond donors (Lipinski definition) is 1. The van der Waals surface area contributed by atoms with E-state index in [-0.39, 0.29) is 11.7 Å². The second-order valence-corrected chi connectivity index (χ2v) is 4.82. The molecule has 102 valence electrons. The van der Waals surface area contributed by atoms with Crippen molar-refractivity contribution in [3.05, 3.63) is 48.3 Å². The minimum absolute atomic E-state index is 0.0388. The van der Waals surface area contributed by atoms with Crippen LogP contribution in [0, 0.1) is 5.82 Å². The predicted octanol–water partition coefficient (Wildman–Crippen LogP) is 2.09. The molecule has 1 aromatic rings. The van der Waals surface area contributed by atoms with Crippen LogP contribution in [0.4, 0.5) is 4.39 Å². The average Bonchev–Trinajstić information content (AvgIpc) is 3.22. The first kappa shape index (κ1) is 13.7. The van der Waals surface area contributed by atoms with Gasteiger partial charge in [-0.3, -0.25) is 9.69 Å². The van der Waals surface area contributed by atoms with E-state index >= 15 is 0 Å². The first-order valence-corrected chi connectivity index (χ1v) is 6.55. The van der Waals surface area contributed by atoms with Crippen LogP contribution in [-0.2, 0) is 11.3 Å². The molecule has 0 aliphatic heterocycles. The summed E-state index contributed by atoms with van der Waals surface area (Å²) in [6.45, 7) is 4.83. The summed E-state index contributed by atoms with van der Waals surface area (Å²) in [4.78, 5) is 13.8. The van der Waals surface area contributed by atoms with Gasteiger partial charge >= 0.3 is 0 Å². The van der Waals surface area contributed by atoms with Gasteiger partial charge in [-0.25, -0.2) is 4.39 Å². The average molecular weight is 262 g/mol. The van der Waals surface area contributed by atoms with E-state index < -0.39 is 0 Å². The van der Waals surface area contributed by atoms with Gasteiger partial charge < -0.3 is 5.32 Å². The Kier molecular flexibility index (Phi) is 4.68. The maximum atomic E-state index is 13.6. The van der Waals surface area contributed by atoms with E-state index in [9.17, 15) is 9.18 Å². The Morgan fingerprint density at radius 3 is 2.84 bits per heavy atom. The second kappa shape index (κ2) is 6.48. The van der Waals surface area contributed by atoms with Gasteiger partial charge in [-0.1, -0.05) is 24.3 Å². The zero-order valence-electron chi connectivity index (χ0n) is 10.9. The molecule has 1 aliphatic carbocycles. The lowest BCUT2D eigenvalue weighted by Gasteiger charge is -2.21. The van der Waals surface area contributed by atoms with E-state index in [2.05, 4.69) is 11.9 Å². The van der Waals surface area contributed by atoms with Crippen LogP contribution in [-0.4, -0.2) is 29.9 Å². The number of halogens is 1. The van der Waals surface area contributed by atoms with Crippen molar-refractivity contribution in [3.63, 3.8) is 0 Å². The standard InChI is InChI=1S/C15H19FN2O/c1-2-9-17-15(19)11-18(13-7-8-13)10-12-5-3-4-6-14(12)16/h2-6,13H,1,7-11H2,(H,17,19). The summed E-state index contributed by atoms with van der Waals surface area (Å²) in [7, 11) is 0. The number of hydrogen-bond acceptors (Lipinski definition) is 2. The fourth-order valence-electron chi connectivity index (χ4n) is 2.03. The maximum Gasteiger partial charge on any atom is 0.234 e. The smallest absolute Gasteiger partial charge is 0.234 e. The highest BCUT2D eigenvalue weighted by Crippen LogP contribution is 2.28. The molecule has 1 N–H and O–H groups in total. The molecule has 1 fully saturated rings. The molecule has 1 aliphatic rings. The van der Waals surface area contributed by atoms with Crippen LogP contribution in [0.25, 0.3) is 0 Å². The lowest BCUT2D eigenvalue weighted by molar-refractivity contribution is -0.122. The lowest BCUT2D eigenvalue weighted by Crippen LogP contribution is -2.38. The topological polar surface area (TPSA) is 32.3 Å². The van der Waals surface area contributed by atoms with Gasteiger partial charge in [-0.15, -0.1) is 6.58 Å². The van der Waals surface area contributed by atoms with Crippen LogP contribution in [0.5, 0.6) is 0 Å². The molecule has 0 spiro atoms. The van der Waals surface area contributed by atoms with Crippen molar-refractivity contribution in [1.82, 2.24) is 10.2 Å². The number of nitrogens with one attached hydrogen (secondary N) is 1. The largest absolute Gasteiger partial charge is 0.352 e. The zero-order chi connectivity index (χ0) is 13.7. The van der Waals surface area contributed by atoms with Crippen LogP contribution in [0.3, 0.4) is 0 Å². The summed E-state index contributed by atoms with van der Waals surface area (Å²) in [6, 6.07) is 7.14. The molecule has 0 radical (unpaired) electrons. The van der Waals surface area contributed by atoms with Crippen molar-refractivity contribution >= 4 is 5.91 Å². The van der Waals surface area contributed by atoms with Gasteiger partial charge in [0.15, 0.2) is 0 Å². The Labute approximate surface area is 113 Å². The highest BCUT2D eigenvalue weighted by molar-refractivity contribution is 5.78. The van der Waals surface area contributed by atoms with Crippen molar-refractivity contribution in [3.8, 4) is 0 Å². The van der Waals surface area contributed by atoms with Crippen LogP contribution in [0.15, 0.2) is 36.9 Å². The first-order valence-electron chi connectivity index (χ1n) is 6.55. The third-order valence-electron chi connectivity index (χ3n) is 3.18. The molecule has 19 heavy (non-hydrogen) atoms. The Hall–Kier alpha value is -1.68. The van der Waals surface area contributed by atoms with Crippen molar-refractivity contribution in [2.75, 3.05) is 13.1 Å². The Bertz CT molecular complexity index is 457. The van der Waals surface area contributed by atoms with Crippen molar-refractivity contribution in [2.45, 2.75) is 25.4 Å². The van der Waals surface area contributed by atoms with E-state index in [4.69, 9.17) is 0 Å². The van der Waals surface area contributed by atoms with Gasteiger partial charge in [-0.2, -0.15) is 0 Å². The molecule has 4 heteroatoms. The van der Waals surface area contributed by atoms with Crippen LogP contribution >= 0.6 is 0 Å². The Morgan fingerprint density at radius 1 is 1.47 bits per heavy atom. The summed E-state index contributed by atoms with van der Waals surface area (Å²) < 4.78 is 13.6. The highest BCUT2D eigenvalue weighted by atomic mass is 19.1. The van der Waals surface area contributed by atoms with Crippen LogP contribution in [0.2, 0.25) is 0 Å². The minimum Gasteiger partial charge on any atom is -0.352 e. The molecule has 3 nitrogen and oxygen atoms in total. The fraction of sp³-hybridized carbons (Fsp3) is 0.400. The summed E-state index contributed by atoms with van der Waals surface area (Å²) in [5.74, 6) is -0.247. The van der Waals surface area contributed by atoms with Gasteiger partial charge in [0.1, 0.15) is 5.82 Å². The molecule has 1 saturated carbocycles. The van der Waals surface area contributed by atoms with E-state index in [1.165, 1.54) is 6.07 Å². The van der Waals surface area contributed by atoms with Gasteiger partial charge in [0.05, 0.1) is 6.54 Å². The number of carbonyl (C=O) groups is 1. The van der Waals surface area contributed by atoms with Gasteiger partial charge in [-0.05, 0) is 18.9 Å². The Balaban J connectivity index is 1.95. The lowest BCUT2D eigenvalue weighted by atomic mass is 10.2. The maximum absolute atomic E-state index is 13.6. The third kappa shape index (κ3) is 4.17. The fourth-order valence-corrected chi connectivity index (χ4v) is 2.03. The summed E-state index contributed by atoms with van der Waals surface area (Å²) >= 11 is 0. The molecule has 0 bridgehead atoms. The normalized spacial score (nSPS) is 14.4. The van der Waals surface area contributed by atoms with Crippen molar-refractivity contribution in [2.24, 2.45) is 0 Å². The van der Waals surface area contributed by atoms with E-state index in [1.807, 2.05) is 11.0 Å². The zero-order valence-corrected chi connectivity index (χ0v) is 10.9. The number of carbonyl (C=O) groups excluding carboxylic acids is 1. The molecule has 1 amide bonds. The molecule has 0 aromatic heterocycles. The van der Waals surface area contributed by atoms with E-state index in [0.717, 1.165) is 12.8 Å². The van der Waals surface area contributed by atoms with Crippen molar-refractivity contribution < 1.29 is 9.18 Å². The summed E-state index contributed by atoms with van der Waals surface area (Å²) in [5.41, 5.74) is 0.644. The molecule has 0 saturated heterocycles. The monoisotopic (exact) mass is 262 g/mol. The first-order chi connectivity index (χ1) is 9.20. The van der Waals surface area contributed by atoms with Gasteiger partial charge in [0.2, 0.25) is 5.91 Å². The second-order valence-electron chi connectivity index (χ2n) is 4.82. The SMILES string of the molecule is C=CCNC(=O)CN(Cc1ccccc1F)C1CC1. The van der Waals surface area contributed by atoms with Crippen LogP contribution in [0.1, 0.15) is 18.4 Å². The molecule has 2 rings (SSSR count). The number of rotatable bonds is 7. The predicted molar refractivity (Wildman–Crippen MR) is 73.0 cm³/mol. The molecule has 1 aromatic carbocycles. The summed E-state index contributed by atoms with van der Waals surface area (Å²) in [6.07, 6.45) is 3.82. The molecule has 0 atom stereocenters. The molecular weight excluding hydrogens is 243 g/mol. The molecule has 0 heterocycles. The number of benzene rings is 1. The summed E-state index contributed by atoms with van der Waals surface area (Å²) in [5, 5.41) is 2.75. The quantitative estimate of drug-likeness (QED) is 0.763. The third-order valence-corrected chi connectivity index (χ3v) is 3.18. The number of amides is 1. The van der Waals surface area contributed by atoms with Crippen LogP contribution < -0.4 is 5.32 Å². The minimum atomic E-state index is -0.209. The highest BCUT2D eigenvalue weighted by Gasteiger charge is 2.30. The van der Waals surface area contributed by atoms with Crippen molar-refractivity contribution in [1.29, 1.82) is 0 Å². The number of nitrogens with zero attached hydrogens (tertiary/aromatic N) is 1. The van der Waals surface area contributed by atoms with Gasteiger partial charge in [0.25, 0.3) is 0 Å².